The summed E-state index contributed by atoms with van der Waals surface area (Å²) in [7, 11) is 2.06. The first-order chi connectivity index (χ1) is 23.3. The Kier molecular flexibility index (Phi) is 9.78. The van der Waals surface area contributed by atoms with Crippen LogP contribution in [0.5, 0.6) is 5.88 Å². The van der Waals surface area contributed by atoms with Crippen LogP contribution in [0.3, 0.4) is 0 Å². The normalized spacial score (nSPS) is 19.6. The van der Waals surface area contributed by atoms with Crippen LogP contribution in [-0.2, 0) is 11.2 Å². The first-order valence-electron chi connectivity index (χ1n) is 16.2. The summed E-state index contributed by atoms with van der Waals surface area (Å²) in [6.45, 7) is 5.19. The Morgan fingerprint density at radius 2 is 2.00 bits per heavy atom. The van der Waals surface area contributed by atoms with Gasteiger partial charge in [0, 0.05) is 41.6 Å². The molecule has 0 bridgehead atoms. The number of amides is 1. The van der Waals surface area contributed by atoms with Gasteiger partial charge >= 0.3 is 0 Å². The minimum Gasteiger partial charge on any atom is -0.474 e. The standard InChI is InChI=1S/C36H36ClFN8O2/c1-4-8-29(47)45-18-14-25(20-24(45)13-16-40)46-35-28-19-23(10-6-15-39)30(27-12-5-9-22(2)31(27)37)32(38)33(28)41-36(34(35)42-43-46)48-21-26-11-7-17-44(26)3/h5,9,12,19,24-26H,6-7,10-11,13-14,17-18,20-21H2,1-3H3/t24-,25+,26+/m1/s1. The number of benzene rings is 2. The molecule has 12 heteroatoms. The number of pyridine rings is 1. The number of ether oxygens (including phenoxy) is 1. The maximum atomic E-state index is 17.1. The molecule has 48 heavy (non-hydrogen) atoms. The third-order valence-electron chi connectivity index (χ3n) is 9.59. The van der Waals surface area contributed by atoms with E-state index in [-0.39, 0.29) is 48.3 Å². The number of hydrogen-bond acceptors (Lipinski definition) is 8. The quantitative estimate of drug-likeness (QED) is 0.205. The smallest absolute Gasteiger partial charge is 0.298 e. The highest BCUT2D eigenvalue weighted by Crippen LogP contribution is 2.42. The molecule has 1 amide bonds. The van der Waals surface area contributed by atoms with E-state index < -0.39 is 5.82 Å². The van der Waals surface area contributed by atoms with Crippen molar-refractivity contribution in [1.82, 2.24) is 29.8 Å². The second-order valence-corrected chi connectivity index (χ2v) is 12.9. The van der Waals surface area contributed by atoms with Crippen LogP contribution < -0.4 is 4.74 Å². The van der Waals surface area contributed by atoms with E-state index in [2.05, 4.69) is 46.2 Å². The number of piperidine rings is 1. The monoisotopic (exact) mass is 666 g/mol. The molecule has 0 N–H and O–H groups in total. The number of likely N-dealkylation sites (tertiary alicyclic amines) is 2. The Morgan fingerprint density at radius 3 is 2.73 bits per heavy atom. The number of carbonyl (C=O) groups is 1. The van der Waals surface area contributed by atoms with Crippen LogP contribution in [-0.4, -0.2) is 74.5 Å². The molecule has 2 aromatic heterocycles. The molecule has 2 aliphatic heterocycles. The van der Waals surface area contributed by atoms with Crippen molar-refractivity contribution < 1.29 is 13.9 Å². The van der Waals surface area contributed by atoms with Gasteiger partial charge < -0.3 is 14.5 Å². The SMILES string of the molecule is CC#CC(=O)N1CC[C@H](n2nnc3c(OC[C@@H]4CCCN4C)nc4c(F)c(-c5cccc(C)c5Cl)c(CCC#N)cc4c32)C[C@H]1CC#N. The molecule has 0 spiro atoms. The van der Waals surface area contributed by atoms with Crippen LogP contribution in [0.25, 0.3) is 33.1 Å². The van der Waals surface area contributed by atoms with Crippen molar-refractivity contribution in [3.63, 3.8) is 0 Å². The third kappa shape index (κ3) is 6.15. The summed E-state index contributed by atoms with van der Waals surface area (Å²) in [5.74, 6) is 4.57. The second-order valence-electron chi connectivity index (χ2n) is 12.5. The molecule has 10 nitrogen and oxygen atoms in total. The fraction of sp³-hybridized carbons (Fsp3) is 0.444. The van der Waals surface area contributed by atoms with Gasteiger partial charge in [-0.15, -0.1) is 5.10 Å². The van der Waals surface area contributed by atoms with Crippen LogP contribution >= 0.6 is 11.6 Å². The van der Waals surface area contributed by atoms with E-state index in [1.54, 1.807) is 22.6 Å². The summed E-state index contributed by atoms with van der Waals surface area (Å²) in [6, 6.07) is 11.3. The van der Waals surface area contributed by atoms with Crippen molar-refractivity contribution in [2.24, 2.45) is 0 Å². The fourth-order valence-electron chi connectivity index (χ4n) is 7.06. The number of nitriles is 2. The highest BCUT2D eigenvalue weighted by atomic mass is 35.5. The summed E-state index contributed by atoms with van der Waals surface area (Å²) in [5.41, 5.74) is 3.30. The molecule has 2 aliphatic rings. The first kappa shape index (κ1) is 33.2. The van der Waals surface area contributed by atoms with Crippen molar-refractivity contribution in [3.8, 4) is 41.0 Å². The van der Waals surface area contributed by atoms with Crippen LogP contribution in [0, 0.1) is 47.2 Å². The maximum absolute atomic E-state index is 17.1. The lowest BCUT2D eigenvalue weighted by Crippen LogP contribution is -2.46. The van der Waals surface area contributed by atoms with Gasteiger partial charge in [-0.3, -0.25) is 4.79 Å². The Labute approximate surface area is 284 Å². The summed E-state index contributed by atoms with van der Waals surface area (Å²) in [5, 5.41) is 29.2. The van der Waals surface area contributed by atoms with Crippen LogP contribution in [0.4, 0.5) is 4.39 Å². The maximum Gasteiger partial charge on any atom is 0.298 e. The molecular weight excluding hydrogens is 631 g/mol. The first-order valence-corrected chi connectivity index (χ1v) is 16.6. The average molecular weight is 667 g/mol. The van der Waals surface area contributed by atoms with Gasteiger partial charge in [0.2, 0.25) is 5.88 Å². The predicted octanol–water partition coefficient (Wildman–Crippen LogP) is 6.15. The molecule has 2 aromatic carbocycles. The molecule has 246 valence electrons. The summed E-state index contributed by atoms with van der Waals surface area (Å²) >= 11 is 6.76. The zero-order valence-electron chi connectivity index (χ0n) is 27.3. The van der Waals surface area contributed by atoms with Gasteiger partial charge in [0.25, 0.3) is 5.91 Å². The number of hydrogen-bond donors (Lipinski definition) is 0. The topological polar surface area (TPSA) is 124 Å². The number of rotatable bonds is 8. The molecule has 3 atom stereocenters. The molecule has 0 radical (unpaired) electrons. The molecule has 4 aromatic rings. The van der Waals surface area contributed by atoms with Gasteiger partial charge in [0.05, 0.1) is 29.6 Å². The number of carbonyl (C=O) groups excluding carboxylic acids is 1. The van der Waals surface area contributed by atoms with Gasteiger partial charge in [-0.05, 0) is 82.7 Å². The predicted molar refractivity (Wildman–Crippen MR) is 181 cm³/mol. The second kappa shape index (κ2) is 14.2. The van der Waals surface area contributed by atoms with E-state index >= 15 is 4.39 Å². The lowest BCUT2D eigenvalue weighted by molar-refractivity contribution is -0.129. The summed E-state index contributed by atoms with van der Waals surface area (Å²) in [4.78, 5) is 21.4. The van der Waals surface area contributed by atoms with E-state index in [1.807, 2.05) is 25.1 Å². The molecular formula is C36H36ClFN8O2. The van der Waals surface area contributed by atoms with Crippen LogP contribution in [0.15, 0.2) is 24.3 Å². The van der Waals surface area contributed by atoms with Gasteiger partial charge in [0.1, 0.15) is 17.6 Å². The van der Waals surface area contributed by atoms with E-state index in [0.717, 1.165) is 24.9 Å². The molecule has 6 rings (SSSR count). The van der Waals surface area contributed by atoms with Crippen molar-refractivity contribution in [2.75, 3.05) is 26.7 Å². The third-order valence-corrected chi connectivity index (χ3v) is 10.1. The van der Waals surface area contributed by atoms with E-state index in [1.165, 1.54) is 0 Å². The number of halogens is 2. The largest absolute Gasteiger partial charge is 0.474 e. The Hall–Kier alpha value is -4.76. The number of likely N-dealkylation sites (N-methyl/N-ethyl adjacent to an activating group) is 1. The van der Waals surface area contributed by atoms with E-state index in [0.29, 0.717) is 70.5 Å². The van der Waals surface area contributed by atoms with Crippen molar-refractivity contribution in [2.45, 2.75) is 76.9 Å². The minimum absolute atomic E-state index is 0.0912. The van der Waals surface area contributed by atoms with Gasteiger partial charge in [0.15, 0.2) is 11.3 Å². The summed E-state index contributed by atoms with van der Waals surface area (Å²) < 4.78 is 25.2. The highest BCUT2D eigenvalue weighted by molar-refractivity contribution is 6.34. The molecule has 0 unspecified atom stereocenters. The number of fused-ring (bicyclic) bond motifs is 3. The lowest BCUT2D eigenvalue weighted by atomic mass is 9.92. The van der Waals surface area contributed by atoms with Crippen LogP contribution in [0.1, 0.15) is 62.6 Å². The molecule has 2 saturated heterocycles. The van der Waals surface area contributed by atoms with E-state index in [9.17, 15) is 15.3 Å². The highest BCUT2D eigenvalue weighted by Gasteiger charge is 2.34. The zero-order valence-corrected chi connectivity index (χ0v) is 28.0. The van der Waals surface area contributed by atoms with Gasteiger partial charge in [-0.2, -0.15) is 10.5 Å². The zero-order chi connectivity index (χ0) is 33.9. The van der Waals surface area contributed by atoms with E-state index in [4.69, 9.17) is 21.3 Å². The number of aryl methyl sites for hydroxylation is 2. The summed E-state index contributed by atoms with van der Waals surface area (Å²) in [6.07, 6.45) is 3.63. The fourth-order valence-corrected chi connectivity index (χ4v) is 7.28. The van der Waals surface area contributed by atoms with Crippen molar-refractivity contribution in [3.05, 3.63) is 46.2 Å². The minimum atomic E-state index is -0.564. The van der Waals surface area contributed by atoms with Crippen molar-refractivity contribution >= 4 is 39.4 Å². The number of nitrogens with zero attached hydrogens (tertiary/aromatic N) is 8. The number of aromatic nitrogens is 4. The average Bonchev–Trinajstić information content (AvgIpc) is 3.71. The molecule has 0 saturated carbocycles. The Bertz CT molecular complexity index is 2040. The molecule has 2 fully saturated rings. The van der Waals surface area contributed by atoms with Crippen molar-refractivity contribution in [1.29, 1.82) is 10.5 Å². The lowest BCUT2D eigenvalue weighted by Gasteiger charge is -2.37. The Morgan fingerprint density at radius 1 is 1.17 bits per heavy atom. The Balaban J connectivity index is 1.55. The van der Waals surface area contributed by atoms with Gasteiger partial charge in [-0.1, -0.05) is 40.9 Å². The molecule has 0 aliphatic carbocycles. The van der Waals surface area contributed by atoms with Crippen LogP contribution in [0.2, 0.25) is 5.02 Å². The van der Waals surface area contributed by atoms with Gasteiger partial charge in [-0.25, -0.2) is 14.1 Å². The molecule has 4 heterocycles.